The van der Waals surface area contributed by atoms with Gasteiger partial charge in [-0.05, 0) is 25.7 Å². The van der Waals surface area contributed by atoms with Crippen molar-refractivity contribution in [2.45, 2.75) is 44.8 Å². The molecular formula is C10H18FNO4. The van der Waals surface area contributed by atoms with Gasteiger partial charge in [0.1, 0.15) is 0 Å². The van der Waals surface area contributed by atoms with Crippen molar-refractivity contribution in [3.8, 4) is 0 Å². The van der Waals surface area contributed by atoms with Gasteiger partial charge in [-0.3, -0.25) is 9.59 Å². The number of rotatable bonds is 8. The minimum absolute atomic E-state index is 0.0968. The lowest BCUT2D eigenvalue weighted by Crippen LogP contribution is -2.28. The molecule has 3 atom stereocenters. The predicted octanol–water partition coefficient (Wildman–Crippen LogP) is 1.02. The van der Waals surface area contributed by atoms with E-state index >= 15 is 0 Å². The van der Waals surface area contributed by atoms with Crippen LogP contribution in [0.4, 0.5) is 4.39 Å². The first-order chi connectivity index (χ1) is 7.31. The third-order valence-corrected chi connectivity index (χ3v) is 2.19. The van der Waals surface area contributed by atoms with Crippen LogP contribution in [0.5, 0.6) is 0 Å². The molecule has 94 valence electrons. The van der Waals surface area contributed by atoms with Crippen LogP contribution >= 0.6 is 0 Å². The highest BCUT2D eigenvalue weighted by atomic mass is 19.1. The topological polar surface area (TPSA) is 101 Å². The molecule has 16 heavy (non-hydrogen) atoms. The highest BCUT2D eigenvalue weighted by Gasteiger charge is 2.20. The number of aliphatic carboxylic acids is 2. The molecule has 0 amide bonds. The van der Waals surface area contributed by atoms with E-state index in [-0.39, 0.29) is 25.7 Å². The Bertz CT molecular complexity index is 245. The van der Waals surface area contributed by atoms with Crippen LogP contribution in [0.15, 0.2) is 0 Å². The molecule has 0 aromatic carbocycles. The Balaban J connectivity index is 4.18. The predicted molar refractivity (Wildman–Crippen MR) is 55.8 cm³/mol. The molecule has 4 N–H and O–H groups in total. The maximum Gasteiger partial charge on any atom is 0.304 e. The molecule has 0 saturated carbocycles. The van der Waals surface area contributed by atoms with Crippen molar-refractivity contribution < 1.29 is 24.2 Å². The SMILES string of the molecule is CC(F)CC(CC(=O)O)CC(N)CC(=O)O. The molecule has 5 nitrogen and oxygen atoms in total. The second-order valence-corrected chi connectivity index (χ2v) is 4.07. The van der Waals surface area contributed by atoms with Crippen LogP contribution in [0.2, 0.25) is 0 Å². The van der Waals surface area contributed by atoms with Gasteiger partial charge in [0.15, 0.2) is 0 Å². The molecule has 0 spiro atoms. The van der Waals surface area contributed by atoms with Crippen LogP contribution in [0.1, 0.15) is 32.6 Å². The molecule has 0 radical (unpaired) electrons. The summed E-state index contributed by atoms with van der Waals surface area (Å²) in [4.78, 5) is 20.9. The molecule has 0 aliphatic heterocycles. The van der Waals surface area contributed by atoms with Crippen molar-refractivity contribution in [2.75, 3.05) is 0 Å². The van der Waals surface area contributed by atoms with Gasteiger partial charge in [0, 0.05) is 12.5 Å². The summed E-state index contributed by atoms with van der Waals surface area (Å²) in [6.07, 6.45) is -1.20. The van der Waals surface area contributed by atoms with Crippen LogP contribution in [-0.2, 0) is 9.59 Å². The van der Waals surface area contributed by atoms with Gasteiger partial charge in [0.2, 0.25) is 0 Å². The Kier molecular flexibility index (Phi) is 6.64. The lowest BCUT2D eigenvalue weighted by atomic mass is 9.91. The molecule has 0 aromatic heterocycles. The van der Waals surface area contributed by atoms with Crippen molar-refractivity contribution in [1.29, 1.82) is 0 Å². The van der Waals surface area contributed by atoms with E-state index in [4.69, 9.17) is 15.9 Å². The third kappa shape index (κ3) is 8.16. The summed E-state index contributed by atoms with van der Waals surface area (Å²) in [5, 5.41) is 17.1. The van der Waals surface area contributed by atoms with Crippen LogP contribution in [0.3, 0.4) is 0 Å². The molecule has 0 rings (SSSR count). The zero-order chi connectivity index (χ0) is 12.7. The molecule has 0 bridgehead atoms. The molecule has 0 saturated heterocycles. The molecule has 0 aliphatic carbocycles. The Labute approximate surface area is 93.4 Å². The van der Waals surface area contributed by atoms with Crippen molar-refractivity contribution in [1.82, 2.24) is 0 Å². The lowest BCUT2D eigenvalue weighted by molar-refractivity contribution is -0.138. The number of hydrogen-bond acceptors (Lipinski definition) is 3. The number of nitrogens with two attached hydrogens (primary N) is 1. The molecular weight excluding hydrogens is 217 g/mol. The Hall–Kier alpha value is -1.17. The van der Waals surface area contributed by atoms with E-state index in [0.29, 0.717) is 0 Å². The number of carboxylic acids is 2. The molecule has 0 aliphatic rings. The summed E-state index contributed by atoms with van der Waals surface area (Å²) >= 11 is 0. The minimum atomic E-state index is -1.11. The van der Waals surface area contributed by atoms with Gasteiger partial charge in [0.25, 0.3) is 0 Å². The smallest absolute Gasteiger partial charge is 0.304 e. The lowest BCUT2D eigenvalue weighted by Gasteiger charge is -2.18. The van der Waals surface area contributed by atoms with Gasteiger partial charge in [0.05, 0.1) is 12.6 Å². The summed E-state index contributed by atoms with van der Waals surface area (Å²) < 4.78 is 12.8. The monoisotopic (exact) mass is 235 g/mol. The zero-order valence-electron chi connectivity index (χ0n) is 9.23. The van der Waals surface area contributed by atoms with Gasteiger partial charge in [-0.25, -0.2) is 4.39 Å². The fourth-order valence-electron chi connectivity index (χ4n) is 1.70. The van der Waals surface area contributed by atoms with Crippen molar-refractivity contribution in [3.05, 3.63) is 0 Å². The maximum atomic E-state index is 12.8. The Morgan fingerprint density at radius 1 is 1.19 bits per heavy atom. The average molecular weight is 235 g/mol. The number of carbonyl (C=O) groups is 2. The van der Waals surface area contributed by atoms with Gasteiger partial charge < -0.3 is 15.9 Å². The zero-order valence-corrected chi connectivity index (χ0v) is 9.23. The van der Waals surface area contributed by atoms with Crippen molar-refractivity contribution in [2.24, 2.45) is 11.7 Å². The fourth-order valence-corrected chi connectivity index (χ4v) is 1.70. The number of hydrogen-bond donors (Lipinski definition) is 3. The highest BCUT2D eigenvalue weighted by molar-refractivity contribution is 5.68. The highest BCUT2D eigenvalue weighted by Crippen LogP contribution is 2.19. The van der Waals surface area contributed by atoms with Crippen LogP contribution < -0.4 is 5.73 Å². The fraction of sp³-hybridized carbons (Fsp3) is 0.800. The standard InChI is InChI=1S/C10H18FNO4/c1-6(11)2-7(4-9(13)14)3-8(12)5-10(15)16/h6-8H,2-5,12H2,1H3,(H,13,14)(H,15,16). The van der Waals surface area contributed by atoms with Gasteiger partial charge in [-0.2, -0.15) is 0 Å². The maximum absolute atomic E-state index is 12.8. The van der Waals surface area contributed by atoms with Crippen LogP contribution in [0.25, 0.3) is 0 Å². The summed E-state index contributed by atoms with van der Waals surface area (Å²) in [6.45, 7) is 1.34. The number of halogens is 1. The normalized spacial score (nSPS) is 16.4. The van der Waals surface area contributed by atoms with Gasteiger partial charge in [-0.1, -0.05) is 0 Å². The van der Waals surface area contributed by atoms with E-state index in [1.165, 1.54) is 6.92 Å². The first kappa shape index (κ1) is 14.8. The second kappa shape index (κ2) is 7.16. The summed E-state index contributed by atoms with van der Waals surface area (Å²) in [5.74, 6) is -2.46. The molecule has 0 aromatic rings. The van der Waals surface area contributed by atoms with E-state index in [1.54, 1.807) is 0 Å². The van der Waals surface area contributed by atoms with E-state index < -0.39 is 30.1 Å². The average Bonchev–Trinajstić information content (AvgIpc) is 1.97. The minimum Gasteiger partial charge on any atom is -0.481 e. The summed E-state index contributed by atoms with van der Waals surface area (Å²) in [7, 11) is 0. The van der Waals surface area contributed by atoms with E-state index in [1.807, 2.05) is 0 Å². The van der Waals surface area contributed by atoms with E-state index in [0.717, 1.165) is 0 Å². The van der Waals surface area contributed by atoms with Crippen molar-refractivity contribution in [3.63, 3.8) is 0 Å². The second-order valence-electron chi connectivity index (χ2n) is 4.07. The van der Waals surface area contributed by atoms with Crippen molar-refractivity contribution >= 4 is 11.9 Å². The van der Waals surface area contributed by atoms with Crippen LogP contribution in [0, 0.1) is 5.92 Å². The largest absolute Gasteiger partial charge is 0.481 e. The third-order valence-electron chi connectivity index (χ3n) is 2.19. The number of carboxylic acid groups (broad SMARTS) is 2. The first-order valence-electron chi connectivity index (χ1n) is 5.14. The Morgan fingerprint density at radius 2 is 1.69 bits per heavy atom. The molecule has 3 unspecified atom stereocenters. The van der Waals surface area contributed by atoms with E-state index in [2.05, 4.69) is 0 Å². The molecule has 0 heterocycles. The summed E-state index contributed by atoms with van der Waals surface area (Å²) in [5.41, 5.74) is 5.53. The molecule has 0 fully saturated rings. The Morgan fingerprint density at radius 3 is 2.06 bits per heavy atom. The van der Waals surface area contributed by atoms with Gasteiger partial charge in [-0.15, -0.1) is 0 Å². The number of alkyl halides is 1. The quantitative estimate of drug-likeness (QED) is 0.583. The molecule has 6 heteroatoms. The van der Waals surface area contributed by atoms with Gasteiger partial charge >= 0.3 is 11.9 Å². The van der Waals surface area contributed by atoms with Crippen LogP contribution in [-0.4, -0.2) is 34.4 Å². The first-order valence-corrected chi connectivity index (χ1v) is 5.14. The summed E-state index contributed by atoms with van der Waals surface area (Å²) in [6, 6.07) is -0.624. The van der Waals surface area contributed by atoms with E-state index in [9.17, 15) is 14.0 Å².